The first-order valence-electron chi connectivity index (χ1n) is 7.63. The number of fused-ring (bicyclic) bond motifs is 1. The molecule has 0 fully saturated rings. The molecule has 1 aliphatic rings. The third-order valence-electron chi connectivity index (χ3n) is 3.80. The second-order valence-electron chi connectivity index (χ2n) is 5.70. The van der Waals surface area contributed by atoms with Crippen molar-refractivity contribution in [2.24, 2.45) is 0 Å². The van der Waals surface area contributed by atoms with Gasteiger partial charge in [-0.25, -0.2) is 4.79 Å². The van der Waals surface area contributed by atoms with Crippen LogP contribution in [-0.2, 0) is 11.3 Å². The van der Waals surface area contributed by atoms with Crippen LogP contribution in [-0.4, -0.2) is 30.5 Å². The number of ether oxygens (including phenoxy) is 1. The molecule has 0 saturated heterocycles. The molecule has 0 saturated carbocycles. The van der Waals surface area contributed by atoms with Gasteiger partial charge in [-0.1, -0.05) is 6.07 Å². The van der Waals surface area contributed by atoms with Crippen molar-refractivity contribution in [3.05, 3.63) is 47.9 Å². The Balaban J connectivity index is 1.64. The van der Waals surface area contributed by atoms with Crippen molar-refractivity contribution >= 4 is 17.6 Å². The molecular formula is C17H19N3O4. The van der Waals surface area contributed by atoms with E-state index in [1.807, 2.05) is 25.1 Å². The zero-order valence-electron chi connectivity index (χ0n) is 13.5. The van der Waals surface area contributed by atoms with Gasteiger partial charge in [-0.05, 0) is 36.8 Å². The topological polar surface area (TPSA) is 83.8 Å². The Labute approximate surface area is 139 Å². The fourth-order valence-corrected chi connectivity index (χ4v) is 2.46. The highest BCUT2D eigenvalue weighted by Crippen LogP contribution is 2.30. The van der Waals surface area contributed by atoms with Gasteiger partial charge in [0, 0.05) is 7.05 Å². The lowest BCUT2D eigenvalue weighted by atomic mass is 10.1. The summed E-state index contributed by atoms with van der Waals surface area (Å²) in [5, 5.41) is 5.68. The summed E-state index contributed by atoms with van der Waals surface area (Å²) in [6.07, 6.45) is 1.58. The highest BCUT2D eigenvalue weighted by Gasteiger charge is 2.19. The number of furan rings is 1. The molecule has 2 aromatic rings. The number of hydrogen-bond acceptors (Lipinski definition) is 4. The number of carbonyl (C=O) groups excluding carboxylic acids is 2. The van der Waals surface area contributed by atoms with E-state index < -0.39 is 0 Å². The molecule has 0 spiro atoms. The molecule has 24 heavy (non-hydrogen) atoms. The Bertz CT molecular complexity index is 742. The van der Waals surface area contributed by atoms with Gasteiger partial charge < -0.3 is 24.7 Å². The smallest absolute Gasteiger partial charge is 0.318 e. The lowest BCUT2D eigenvalue weighted by Crippen LogP contribution is -2.38. The van der Waals surface area contributed by atoms with Crippen LogP contribution in [0.1, 0.15) is 24.3 Å². The number of hydrogen-bond donors (Lipinski definition) is 2. The molecule has 1 aromatic carbocycles. The van der Waals surface area contributed by atoms with Gasteiger partial charge in [0.15, 0.2) is 6.61 Å². The number of benzene rings is 1. The molecule has 3 amide bonds. The zero-order chi connectivity index (χ0) is 17.1. The van der Waals surface area contributed by atoms with Crippen molar-refractivity contribution in [2.45, 2.75) is 19.5 Å². The van der Waals surface area contributed by atoms with Crippen molar-refractivity contribution in [3.8, 4) is 5.75 Å². The van der Waals surface area contributed by atoms with Crippen molar-refractivity contribution in [2.75, 3.05) is 19.0 Å². The van der Waals surface area contributed by atoms with Crippen LogP contribution >= 0.6 is 0 Å². The summed E-state index contributed by atoms with van der Waals surface area (Å²) in [6, 6.07) is 8.64. The predicted molar refractivity (Wildman–Crippen MR) is 87.7 cm³/mol. The van der Waals surface area contributed by atoms with Crippen LogP contribution in [0.25, 0.3) is 0 Å². The summed E-state index contributed by atoms with van der Waals surface area (Å²) >= 11 is 0. The van der Waals surface area contributed by atoms with Crippen LogP contribution in [0, 0.1) is 0 Å². The van der Waals surface area contributed by atoms with E-state index in [0.29, 0.717) is 23.7 Å². The standard InChI is InChI=1S/C17H19N3O4/c1-11(18-17(22)20(2)9-13-4-3-7-23-13)12-5-6-15-14(8-12)19-16(21)10-24-15/h3-8,11H,9-10H2,1-2H3,(H,18,22)(H,19,21)/t11-/m0/s1. The Morgan fingerprint density at radius 1 is 1.42 bits per heavy atom. The Morgan fingerprint density at radius 3 is 3.00 bits per heavy atom. The predicted octanol–water partition coefficient (Wildman–Crippen LogP) is 2.51. The number of rotatable bonds is 4. The maximum Gasteiger partial charge on any atom is 0.318 e. The van der Waals surface area contributed by atoms with Gasteiger partial charge in [0.2, 0.25) is 0 Å². The third kappa shape index (κ3) is 3.51. The van der Waals surface area contributed by atoms with Crippen LogP contribution < -0.4 is 15.4 Å². The lowest BCUT2D eigenvalue weighted by Gasteiger charge is -2.23. The van der Waals surface area contributed by atoms with Gasteiger partial charge >= 0.3 is 6.03 Å². The minimum absolute atomic E-state index is 0.0240. The Morgan fingerprint density at radius 2 is 2.25 bits per heavy atom. The highest BCUT2D eigenvalue weighted by molar-refractivity contribution is 5.95. The first-order valence-corrected chi connectivity index (χ1v) is 7.63. The molecular weight excluding hydrogens is 310 g/mol. The summed E-state index contributed by atoms with van der Waals surface area (Å²) in [6.45, 7) is 2.29. The minimum Gasteiger partial charge on any atom is -0.482 e. The van der Waals surface area contributed by atoms with Crippen LogP contribution in [0.15, 0.2) is 41.0 Å². The average molecular weight is 329 g/mol. The van der Waals surface area contributed by atoms with E-state index in [0.717, 1.165) is 5.56 Å². The second kappa shape index (κ2) is 6.66. The van der Waals surface area contributed by atoms with Gasteiger partial charge in [-0.3, -0.25) is 4.79 Å². The molecule has 3 rings (SSSR count). The summed E-state index contributed by atoms with van der Waals surface area (Å²) in [4.78, 5) is 25.2. The SMILES string of the molecule is C[C@H](NC(=O)N(C)Cc1ccco1)c1ccc2c(c1)NC(=O)CO2. The molecule has 1 aliphatic heterocycles. The number of urea groups is 1. The van der Waals surface area contributed by atoms with Crippen molar-refractivity contribution in [1.29, 1.82) is 0 Å². The number of amides is 3. The zero-order valence-corrected chi connectivity index (χ0v) is 13.5. The van der Waals surface area contributed by atoms with E-state index in [4.69, 9.17) is 9.15 Å². The van der Waals surface area contributed by atoms with Gasteiger partial charge in [-0.2, -0.15) is 0 Å². The molecule has 126 valence electrons. The molecule has 0 radical (unpaired) electrons. The van der Waals surface area contributed by atoms with Crippen LogP contribution in [0.4, 0.5) is 10.5 Å². The number of carbonyl (C=O) groups is 2. The lowest BCUT2D eigenvalue weighted by molar-refractivity contribution is -0.118. The molecule has 1 aromatic heterocycles. The van der Waals surface area contributed by atoms with E-state index >= 15 is 0 Å². The monoisotopic (exact) mass is 329 g/mol. The largest absolute Gasteiger partial charge is 0.482 e. The molecule has 2 heterocycles. The van der Waals surface area contributed by atoms with Gasteiger partial charge in [0.1, 0.15) is 11.5 Å². The summed E-state index contributed by atoms with van der Waals surface area (Å²) in [7, 11) is 1.70. The maximum absolute atomic E-state index is 12.3. The van der Waals surface area contributed by atoms with E-state index in [9.17, 15) is 9.59 Å². The van der Waals surface area contributed by atoms with Crippen LogP contribution in [0.3, 0.4) is 0 Å². The minimum atomic E-state index is -0.222. The van der Waals surface area contributed by atoms with Crippen molar-refractivity contribution in [3.63, 3.8) is 0 Å². The summed E-state index contributed by atoms with van der Waals surface area (Å²) < 4.78 is 10.6. The van der Waals surface area contributed by atoms with Crippen LogP contribution in [0.5, 0.6) is 5.75 Å². The first kappa shape index (κ1) is 15.9. The molecule has 0 aliphatic carbocycles. The number of nitrogens with one attached hydrogen (secondary N) is 2. The molecule has 1 atom stereocenters. The second-order valence-corrected chi connectivity index (χ2v) is 5.70. The van der Waals surface area contributed by atoms with Crippen molar-refractivity contribution < 1.29 is 18.7 Å². The molecule has 7 nitrogen and oxygen atoms in total. The third-order valence-corrected chi connectivity index (χ3v) is 3.80. The fraction of sp³-hybridized carbons (Fsp3) is 0.294. The van der Waals surface area contributed by atoms with Crippen LogP contribution in [0.2, 0.25) is 0 Å². The Hall–Kier alpha value is -2.96. The maximum atomic E-state index is 12.3. The number of anilines is 1. The first-order chi connectivity index (χ1) is 11.5. The highest BCUT2D eigenvalue weighted by atomic mass is 16.5. The van der Waals surface area contributed by atoms with E-state index in [1.165, 1.54) is 0 Å². The van der Waals surface area contributed by atoms with E-state index in [1.54, 1.807) is 30.3 Å². The fourth-order valence-electron chi connectivity index (χ4n) is 2.46. The molecule has 7 heteroatoms. The van der Waals surface area contributed by atoms with Gasteiger partial charge in [-0.15, -0.1) is 0 Å². The summed E-state index contributed by atoms with van der Waals surface area (Å²) in [5.74, 6) is 1.16. The summed E-state index contributed by atoms with van der Waals surface area (Å²) in [5.41, 5.74) is 1.49. The van der Waals surface area contributed by atoms with E-state index in [-0.39, 0.29) is 24.6 Å². The van der Waals surface area contributed by atoms with Gasteiger partial charge in [0.25, 0.3) is 5.91 Å². The van der Waals surface area contributed by atoms with Crippen molar-refractivity contribution in [1.82, 2.24) is 10.2 Å². The molecule has 2 N–H and O–H groups in total. The average Bonchev–Trinajstić information content (AvgIpc) is 3.06. The van der Waals surface area contributed by atoms with E-state index in [2.05, 4.69) is 10.6 Å². The normalized spacial score (nSPS) is 14.2. The quantitative estimate of drug-likeness (QED) is 0.903. The Kier molecular flexibility index (Phi) is 4.41. The molecule has 0 unspecified atom stereocenters. The number of nitrogens with zero attached hydrogens (tertiary/aromatic N) is 1. The molecule has 0 bridgehead atoms. The van der Waals surface area contributed by atoms with Gasteiger partial charge in [0.05, 0.1) is 24.5 Å².